The first kappa shape index (κ1) is 15.5. The Morgan fingerprint density at radius 2 is 1.95 bits per heavy atom. The highest BCUT2D eigenvalue weighted by Crippen LogP contribution is 2.23. The molecule has 1 N–H and O–H groups in total. The van der Waals surface area contributed by atoms with Crippen molar-refractivity contribution in [2.75, 3.05) is 6.54 Å². The van der Waals surface area contributed by atoms with Crippen LogP contribution in [0.4, 0.5) is 0 Å². The fraction of sp³-hybridized carbons (Fsp3) is 0.389. The summed E-state index contributed by atoms with van der Waals surface area (Å²) in [7, 11) is 0. The van der Waals surface area contributed by atoms with E-state index in [9.17, 15) is 0 Å². The first-order valence-corrected chi connectivity index (χ1v) is 7.72. The molecule has 1 aromatic heterocycles. The van der Waals surface area contributed by atoms with Gasteiger partial charge in [-0.1, -0.05) is 32.9 Å². The summed E-state index contributed by atoms with van der Waals surface area (Å²) < 4.78 is 5.87. The van der Waals surface area contributed by atoms with Crippen LogP contribution in [0.5, 0.6) is 11.5 Å². The molecule has 21 heavy (non-hydrogen) atoms. The molecule has 0 bridgehead atoms. The molecule has 0 aliphatic rings. The standard InChI is InChI=1S/C18H24N2O/c1-4-14-8-7-9-15(12-14)21-16-10-11-18(20-13-16)17(5-2)19-6-3/h7-13,17,19H,4-6H2,1-3H3. The zero-order valence-corrected chi connectivity index (χ0v) is 13.1. The van der Waals surface area contributed by atoms with E-state index < -0.39 is 0 Å². The average molecular weight is 284 g/mol. The third-order valence-corrected chi connectivity index (χ3v) is 3.52. The Bertz CT molecular complexity index is 551. The second kappa shape index (κ2) is 7.79. The summed E-state index contributed by atoms with van der Waals surface area (Å²) in [5.41, 5.74) is 2.34. The second-order valence-corrected chi connectivity index (χ2v) is 5.04. The normalized spacial score (nSPS) is 12.1. The van der Waals surface area contributed by atoms with Crippen LogP contribution in [-0.4, -0.2) is 11.5 Å². The predicted molar refractivity (Wildman–Crippen MR) is 86.8 cm³/mol. The van der Waals surface area contributed by atoms with Gasteiger partial charge in [-0.15, -0.1) is 0 Å². The molecular formula is C18H24N2O. The number of aryl methyl sites for hydroxylation is 1. The largest absolute Gasteiger partial charge is 0.456 e. The third-order valence-electron chi connectivity index (χ3n) is 3.52. The van der Waals surface area contributed by atoms with Gasteiger partial charge in [0, 0.05) is 6.04 Å². The van der Waals surface area contributed by atoms with Gasteiger partial charge in [0.2, 0.25) is 0 Å². The first-order valence-electron chi connectivity index (χ1n) is 7.72. The number of aromatic nitrogens is 1. The van der Waals surface area contributed by atoms with Crippen molar-refractivity contribution in [1.82, 2.24) is 10.3 Å². The van der Waals surface area contributed by atoms with Gasteiger partial charge in [-0.3, -0.25) is 4.98 Å². The van der Waals surface area contributed by atoms with Gasteiger partial charge in [-0.25, -0.2) is 0 Å². The third kappa shape index (κ3) is 4.30. The minimum Gasteiger partial charge on any atom is -0.456 e. The molecule has 0 amide bonds. The van der Waals surface area contributed by atoms with Gasteiger partial charge in [-0.05, 0) is 49.2 Å². The van der Waals surface area contributed by atoms with Crippen molar-refractivity contribution in [2.45, 2.75) is 39.7 Å². The fourth-order valence-corrected chi connectivity index (χ4v) is 2.33. The highest BCUT2D eigenvalue weighted by Gasteiger charge is 2.09. The Morgan fingerprint density at radius 3 is 2.57 bits per heavy atom. The summed E-state index contributed by atoms with van der Waals surface area (Å²) in [5.74, 6) is 1.64. The summed E-state index contributed by atoms with van der Waals surface area (Å²) in [6.45, 7) is 7.36. The van der Waals surface area contributed by atoms with Gasteiger partial charge in [0.15, 0.2) is 0 Å². The zero-order valence-electron chi connectivity index (χ0n) is 13.1. The van der Waals surface area contributed by atoms with Gasteiger partial charge < -0.3 is 10.1 Å². The smallest absolute Gasteiger partial charge is 0.145 e. The molecule has 0 saturated carbocycles. The molecule has 1 heterocycles. The first-order chi connectivity index (χ1) is 10.3. The zero-order chi connectivity index (χ0) is 15.1. The Balaban J connectivity index is 2.08. The number of rotatable bonds is 7. The topological polar surface area (TPSA) is 34.1 Å². The van der Waals surface area contributed by atoms with Crippen molar-refractivity contribution >= 4 is 0 Å². The molecule has 0 aliphatic carbocycles. The van der Waals surface area contributed by atoms with E-state index in [1.165, 1.54) is 5.56 Å². The molecule has 1 atom stereocenters. The molecule has 0 radical (unpaired) electrons. The molecule has 3 nitrogen and oxygen atoms in total. The van der Waals surface area contributed by atoms with Crippen LogP contribution in [0.15, 0.2) is 42.6 Å². The van der Waals surface area contributed by atoms with Crippen molar-refractivity contribution in [1.29, 1.82) is 0 Å². The number of pyridine rings is 1. The highest BCUT2D eigenvalue weighted by atomic mass is 16.5. The van der Waals surface area contributed by atoms with Gasteiger partial charge in [0.1, 0.15) is 11.5 Å². The van der Waals surface area contributed by atoms with Crippen LogP contribution >= 0.6 is 0 Å². The Morgan fingerprint density at radius 1 is 1.10 bits per heavy atom. The lowest BCUT2D eigenvalue weighted by Crippen LogP contribution is -2.20. The molecule has 0 aliphatic heterocycles. The van der Waals surface area contributed by atoms with Crippen LogP contribution in [-0.2, 0) is 6.42 Å². The van der Waals surface area contributed by atoms with Crippen molar-refractivity contribution in [3.63, 3.8) is 0 Å². The molecule has 2 aromatic rings. The van der Waals surface area contributed by atoms with Crippen LogP contribution in [0.2, 0.25) is 0 Å². The summed E-state index contributed by atoms with van der Waals surface area (Å²) in [6.07, 6.45) is 3.84. The molecule has 2 rings (SSSR count). The van der Waals surface area contributed by atoms with Gasteiger partial charge in [-0.2, -0.15) is 0 Å². The van der Waals surface area contributed by atoms with E-state index in [2.05, 4.69) is 43.2 Å². The number of hydrogen-bond acceptors (Lipinski definition) is 3. The minimum absolute atomic E-state index is 0.312. The lowest BCUT2D eigenvalue weighted by Gasteiger charge is -2.15. The fourth-order valence-electron chi connectivity index (χ4n) is 2.33. The van der Waals surface area contributed by atoms with E-state index in [1.807, 2.05) is 24.3 Å². The predicted octanol–water partition coefficient (Wildman–Crippen LogP) is 4.50. The van der Waals surface area contributed by atoms with Crippen LogP contribution < -0.4 is 10.1 Å². The monoisotopic (exact) mass is 284 g/mol. The summed E-state index contributed by atoms with van der Waals surface area (Å²) in [4.78, 5) is 4.52. The Kier molecular flexibility index (Phi) is 5.76. The van der Waals surface area contributed by atoms with Crippen molar-refractivity contribution in [3.05, 3.63) is 53.9 Å². The van der Waals surface area contributed by atoms with E-state index in [-0.39, 0.29) is 0 Å². The molecule has 1 aromatic carbocycles. The lowest BCUT2D eigenvalue weighted by molar-refractivity contribution is 0.475. The van der Waals surface area contributed by atoms with Crippen molar-refractivity contribution < 1.29 is 4.74 Å². The number of ether oxygens (including phenoxy) is 1. The Labute approximate surface area is 127 Å². The van der Waals surface area contributed by atoms with E-state index in [0.717, 1.165) is 36.6 Å². The van der Waals surface area contributed by atoms with E-state index >= 15 is 0 Å². The maximum Gasteiger partial charge on any atom is 0.145 e. The molecule has 112 valence electrons. The quantitative estimate of drug-likeness (QED) is 0.813. The minimum atomic E-state index is 0.312. The summed E-state index contributed by atoms with van der Waals surface area (Å²) in [5, 5.41) is 3.43. The molecule has 3 heteroatoms. The maximum absolute atomic E-state index is 5.87. The van der Waals surface area contributed by atoms with Crippen molar-refractivity contribution in [3.8, 4) is 11.5 Å². The maximum atomic E-state index is 5.87. The van der Waals surface area contributed by atoms with Gasteiger partial charge >= 0.3 is 0 Å². The summed E-state index contributed by atoms with van der Waals surface area (Å²) in [6, 6.07) is 12.5. The van der Waals surface area contributed by atoms with Crippen LogP contribution in [0.1, 0.15) is 44.5 Å². The molecule has 0 fully saturated rings. The lowest BCUT2D eigenvalue weighted by atomic mass is 10.1. The molecule has 0 spiro atoms. The highest BCUT2D eigenvalue weighted by molar-refractivity contribution is 5.33. The molecule has 0 saturated heterocycles. The summed E-state index contributed by atoms with van der Waals surface area (Å²) >= 11 is 0. The van der Waals surface area contributed by atoms with E-state index in [4.69, 9.17) is 4.74 Å². The number of benzene rings is 1. The number of nitrogens with one attached hydrogen (secondary N) is 1. The molecule has 1 unspecified atom stereocenters. The van der Waals surface area contributed by atoms with Crippen molar-refractivity contribution in [2.24, 2.45) is 0 Å². The second-order valence-electron chi connectivity index (χ2n) is 5.04. The molecular weight excluding hydrogens is 260 g/mol. The van der Waals surface area contributed by atoms with Crippen LogP contribution in [0, 0.1) is 0 Å². The van der Waals surface area contributed by atoms with Crippen LogP contribution in [0.3, 0.4) is 0 Å². The number of nitrogens with zero attached hydrogens (tertiary/aromatic N) is 1. The van der Waals surface area contributed by atoms with E-state index in [1.54, 1.807) is 6.20 Å². The van der Waals surface area contributed by atoms with Gasteiger partial charge in [0.05, 0.1) is 11.9 Å². The number of hydrogen-bond donors (Lipinski definition) is 1. The average Bonchev–Trinajstić information content (AvgIpc) is 2.54. The Hall–Kier alpha value is -1.87. The van der Waals surface area contributed by atoms with E-state index in [0.29, 0.717) is 6.04 Å². The van der Waals surface area contributed by atoms with Crippen LogP contribution in [0.25, 0.3) is 0 Å². The SMILES string of the molecule is CCNC(CC)c1ccc(Oc2cccc(CC)c2)cn1. The van der Waals surface area contributed by atoms with Gasteiger partial charge in [0.25, 0.3) is 0 Å².